The van der Waals surface area contributed by atoms with Crippen molar-refractivity contribution in [3.63, 3.8) is 0 Å². The highest BCUT2D eigenvalue weighted by atomic mass is 19.4. The van der Waals surface area contributed by atoms with E-state index in [9.17, 15) is 27.9 Å². The van der Waals surface area contributed by atoms with Crippen molar-refractivity contribution in [3.8, 4) is 11.5 Å². The number of nitrogens with zero attached hydrogens (tertiary/aromatic N) is 2. The predicted octanol–water partition coefficient (Wildman–Crippen LogP) is 4.63. The Hall–Kier alpha value is -3.10. The summed E-state index contributed by atoms with van der Waals surface area (Å²) >= 11 is 0. The minimum Gasteiger partial charge on any atom is -0.507 e. The highest BCUT2D eigenvalue weighted by Crippen LogP contribution is 2.40. The van der Waals surface area contributed by atoms with Crippen LogP contribution >= 0.6 is 0 Å². The molecule has 0 amide bonds. The molecule has 0 saturated heterocycles. The molecule has 0 aliphatic heterocycles. The summed E-state index contributed by atoms with van der Waals surface area (Å²) in [5.41, 5.74) is 2.66. The van der Waals surface area contributed by atoms with E-state index in [0.29, 0.717) is 6.42 Å². The maximum atomic E-state index is 12.7. The zero-order chi connectivity index (χ0) is 22.1. The van der Waals surface area contributed by atoms with E-state index in [1.54, 1.807) is 6.20 Å². The van der Waals surface area contributed by atoms with E-state index in [1.165, 1.54) is 12.1 Å². The molecule has 1 aliphatic rings. The highest BCUT2D eigenvalue weighted by molar-refractivity contribution is 5.88. The second-order valence-corrected chi connectivity index (χ2v) is 7.36. The third-order valence-electron chi connectivity index (χ3n) is 5.00. The Morgan fingerprint density at radius 2 is 2.03 bits per heavy atom. The predicted molar refractivity (Wildman–Crippen MR) is 102 cm³/mol. The van der Waals surface area contributed by atoms with Crippen molar-refractivity contribution >= 4 is 17.8 Å². The number of aromatic nitrogens is 2. The molecule has 0 spiro atoms. The lowest BCUT2D eigenvalue weighted by molar-refractivity contribution is -0.189. The van der Waals surface area contributed by atoms with Crippen LogP contribution in [0.1, 0.15) is 60.8 Å². The normalized spacial score (nSPS) is 14.5. The van der Waals surface area contributed by atoms with Gasteiger partial charge in [0.25, 0.3) is 0 Å². The van der Waals surface area contributed by atoms with E-state index in [2.05, 4.69) is 9.84 Å². The fourth-order valence-electron chi connectivity index (χ4n) is 3.66. The van der Waals surface area contributed by atoms with Gasteiger partial charge >= 0.3 is 12.1 Å². The summed E-state index contributed by atoms with van der Waals surface area (Å²) in [6, 6.07) is 4.59. The SMILES string of the molecule is CC(C)n1nccc1C1=C(Cc2ccc(O)c(C=O)c2OC(=O)C(F)(F)F)CCC1. The summed E-state index contributed by atoms with van der Waals surface area (Å²) < 4.78 is 44.6. The van der Waals surface area contributed by atoms with Crippen molar-refractivity contribution in [2.75, 3.05) is 0 Å². The molecule has 30 heavy (non-hydrogen) atoms. The standard InChI is InChI=1S/C21H21F3N2O4/c1-12(2)26-17(8-9-25-26)15-5-3-4-13(15)10-14-6-7-18(28)16(11-27)19(14)30-20(29)21(22,23)24/h6-9,11-12,28H,3-5,10H2,1-2H3. The van der Waals surface area contributed by atoms with E-state index < -0.39 is 29.2 Å². The first-order valence-electron chi connectivity index (χ1n) is 9.47. The molecule has 0 radical (unpaired) electrons. The van der Waals surface area contributed by atoms with Gasteiger partial charge < -0.3 is 9.84 Å². The van der Waals surface area contributed by atoms with E-state index in [-0.39, 0.29) is 24.3 Å². The summed E-state index contributed by atoms with van der Waals surface area (Å²) in [4.78, 5) is 22.8. The van der Waals surface area contributed by atoms with Gasteiger partial charge in [-0.1, -0.05) is 11.6 Å². The Labute approximate surface area is 171 Å². The van der Waals surface area contributed by atoms with Crippen LogP contribution in [0.5, 0.6) is 11.5 Å². The first kappa shape index (κ1) is 21.6. The van der Waals surface area contributed by atoms with Crippen molar-refractivity contribution in [2.45, 2.75) is 51.7 Å². The summed E-state index contributed by atoms with van der Waals surface area (Å²) in [5, 5.41) is 14.2. The molecule has 2 aromatic rings. The number of alkyl halides is 3. The lowest BCUT2D eigenvalue weighted by Crippen LogP contribution is -2.28. The van der Waals surface area contributed by atoms with Crippen LogP contribution in [0.25, 0.3) is 5.57 Å². The average Bonchev–Trinajstić information content (AvgIpc) is 3.32. The van der Waals surface area contributed by atoms with E-state index in [4.69, 9.17) is 0 Å². The Morgan fingerprint density at radius 1 is 1.30 bits per heavy atom. The van der Waals surface area contributed by atoms with E-state index >= 15 is 0 Å². The number of hydrogen-bond donors (Lipinski definition) is 1. The molecule has 0 saturated carbocycles. The number of allylic oxidation sites excluding steroid dienone is 2. The molecule has 6 nitrogen and oxygen atoms in total. The number of rotatable bonds is 6. The van der Waals surface area contributed by atoms with Crippen LogP contribution in [-0.2, 0) is 11.2 Å². The largest absolute Gasteiger partial charge is 0.507 e. The number of phenolic OH excluding ortho intramolecular Hbond substituents is 1. The van der Waals surface area contributed by atoms with Crippen LogP contribution in [0.2, 0.25) is 0 Å². The zero-order valence-electron chi connectivity index (χ0n) is 16.5. The third kappa shape index (κ3) is 4.24. The molecule has 0 bridgehead atoms. The zero-order valence-corrected chi connectivity index (χ0v) is 16.5. The van der Waals surface area contributed by atoms with Crippen LogP contribution in [0.15, 0.2) is 30.0 Å². The van der Waals surface area contributed by atoms with Gasteiger partial charge in [-0.05, 0) is 62.8 Å². The maximum Gasteiger partial charge on any atom is 0.491 e. The molecule has 160 valence electrons. The molecule has 9 heteroatoms. The second-order valence-electron chi connectivity index (χ2n) is 7.36. The van der Waals surface area contributed by atoms with Crippen molar-refractivity contribution in [3.05, 3.63) is 46.8 Å². The van der Waals surface area contributed by atoms with Gasteiger partial charge in [0, 0.05) is 12.2 Å². The summed E-state index contributed by atoms with van der Waals surface area (Å²) in [7, 11) is 0. The Bertz CT molecular complexity index is 1010. The van der Waals surface area contributed by atoms with Gasteiger partial charge in [-0.3, -0.25) is 9.48 Å². The smallest absolute Gasteiger partial charge is 0.491 e. The third-order valence-corrected chi connectivity index (χ3v) is 5.00. The number of carbonyl (C=O) groups is 2. The molecule has 0 atom stereocenters. The van der Waals surface area contributed by atoms with Crippen LogP contribution in [0, 0.1) is 0 Å². The second kappa shape index (κ2) is 8.33. The summed E-state index contributed by atoms with van der Waals surface area (Å²) in [5.74, 6) is -3.57. The summed E-state index contributed by atoms with van der Waals surface area (Å²) in [6.07, 6.45) is -0.822. The van der Waals surface area contributed by atoms with Gasteiger partial charge in [0.1, 0.15) is 11.5 Å². The lowest BCUT2D eigenvalue weighted by atomic mass is 9.97. The number of esters is 1. The number of halogens is 3. The number of aldehydes is 1. The number of phenols is 1. The number of benzene rings is 1. The van der Waals surface area contributed by atoms with Gasteiger partial charge in [-0.25, -0.2) is 4.79 Å². The molecule has 1 heterocycles. The summed E-state index contributed by atoms with van der Waals surface area (Å²) in [6.45, 7) is 3.99. The molecule has 0 unspecified atom stereocenters. The van der Waals surface area contributed by atoms with Crippen molar-refractivity contribution < 1.29 is 32.6 Å². The lowest BCUT2D eigenvalue weighted by Gasteiger charge is -2.17. The molecule has 1 aromatic carbocycles. The van der Waals surface area contributed by atoms with E-state index in [1.807, 2.05) is 24.6 Å². The Kier molecular flexibility index (Phi) is 6.00. The number of carbonyl (C=O) groups excluding carboxylic acids is 2. The van der Waals surface area contributed by atoms with E-state index in [0.717, 1.165) is 29.7 Å². The number of ether oxygens (including phenoxy) is 1. The van der Waals surface area contributed by atoms with Gasteiger partial charge in [-0.15, -0.1) is 0 Å². The van der Waals surface area contributed by atoms with Crippen molar-refractivity contribution in [2.24, 2.45) is 0 Å². The van der Waals surface area contributed by atoms with Crippen LogP contribution in [-0.4, -0.2) is 33.3 Å². The first-order chi connectivity index (χ1) is 14.1. The quantitative estimate of drug-likeness (QED) is 0.417. The fraction of sp³-hybridized carbons (Fsp3) is 0.381. The van der Waals surface area contributed by atoms with Gasteiger partial charge in [-0.2, -0.15) is 18.3 Å². The van der Waals surface area contributed by atoms with Gasteiger partial charge in [0.15, 0.2) is 6.29 Å². The molecule has 0 fully saturated rings. The van der Waals surface area contributed by atoms with Crippen molar-refractivity contribution in [1.82, 2.24) is 9.78 Å². The molecule has 1 aromatic heterocycles. The maximum absolute atomic E-state index is 12.7. The number of aromatic hydroxyl groups is 1. The van der Waals surface area contributed by atoms with Gasteiger partial charge in [0.05, 0.1) is 11.3 Å². The van der Waals surface area contributed by atoms with Crippen molar-refractivity contribution in [1.29, 1.82) is 0 Å². The van der Waals surface area contributed by atoms with Crippen LogP contribution in [0.4, 0.5) is 13.2 Å². The monoisotopic (exact) mass is 422 g/mol. The fourth-order valence-corrected chi connectivity index (χ4v) is 3.66. The Morgan fingerprint density at radius 3 is 2.67 bits per heavy atom. The van der Waals surface area contributed by atoms with Gasteiger partial charge in [0.2, 0.25) is 0 Å². The molecule has 1 N–H and O–H groups in total. The molecule has 1 aliphatic carbocycles. The minimum atomic E-state index is -5.23. The molecular weight excluding hydrogens is 401 g/mol. The molecule has 3 rings (SSSR count). The minimum absolute atomic E-state index is 0.128. The highest BCUT2D eigenvalue weighted by Gasteiger charge is 2.42. The number of hydrogen-bond acceptors (Lipinski definition) is 5. The van der Waals surface area contributed by atoms with Crippen LogP contribution < -0.4 is 4.74 Å². The Balaban J connectivity index is 2.04. The average molecular weight is 422 g/mol. The topological polar surface area (TPSA) is 81.4 Å². The molecular formula is C21H21F3N2O4. The van der Waals surface area contributed by atoms with Crippen LogP contribution in [0.3, 0.4) is 0 Å². The first-order valence-corrected chi connectivity index (χ1v) is 9.47.